The Hall–Kier alpha value is -13.8. The van der Waals surface area contributed by atoms with Gasteiger partial charge >= 0.3 is 36.2 Å². The fourth-order valence-corrected chi connectivity index (χ4v) is 17.1. The van der Waals surface area contributed by atoms with Crippen LogP contribution in [0.1, 0.15) is 117 Å². The molecule has 12 aromatic rings. The van der Waals surface area contributed by atoms with Crippen LogP contribution in [-0.2, 0) is 77.8 Å². The summed E-state index contributed by atoms with van der Waals surface area (Å²) in [6.07, 6.45) is 6.99. The number of nitrogens with one attached hydrogen (secondary N) is 6. The van der Waals surface area contributed by atoms with Crippen molar-refractivity contribution in [1.29, 1.82) is 0 Å². The van der Waals surface area contributed by atoms with Crippen LogP contribution in [0.4, 0.5) is 80.5 Å². The molecule has 18 rings (SSSR count). The van der Waals surface area contributed by atoms with Crippen molar-refractivity contribution in [3.63, 3.8) is 0 Å². The first-order valence-electron chi connectivity index (χ1n) is 44.1. The number of phenols is 2. The lowest BCUT2D eigenvalue weighted by Crippen LogP contribution is -2.39. The summed E-state index contributed by atoms with van der Waals surface area (Å²) in [6, 6.07) is 67.0. The third kappa shape index (κ3) is 25.7. The van der Waals surface area contributed by atoms with E-state index in [0.717, 1.165) is 112 Å². The summed E-state index contributed by atoms with van der Waals surface area (Å²) in [5.74, 6) is -1.17. The van der Waals surface area contributed by atoms with Gasteiger partial charge in [0.15, 0.2) is 0 Å². The number of amides is 12. The predicted molar refractivity (Wildman–Crippen MR) is 519 cm³/mol. The highest BCUT2D eigenvalue weighted by Crippen LogP contribution is 2.33. The molecule has 6 aliphatic heterocycles. The summed E-state index contributed by atoms with van der Waals surface area (Å²) in [7, 11) is 0. The Kier molecular flexibility index (Phi) is 32.1. The fourth-order valence-electron chi connectivity index (χ4n) is 16.4. The van der Waals surface area contributed by atoms with Crippen LogP contribution in [-0.4, -0.2) is 121 Å². The second kappa shape index (κ2) is 44.2. The Labute approximate surface area is 778 Å². The Morgan fingerprint density at radius 1 is 0.295 bits per heavy atom. The van der Waals surface area contributed by atoms with Crippen molar-refractivity contribution in [2.75, 3.05) is 77.4 Å². The normalized spacial score (nSPS) is 13.7. The predicted octanol–water partition coefficient (Wildman–Crippen LogP) is 23.8. The van der Waals surface area contributed by atoms with Crippen LogP contribution >= 0.6 is 23.4 Å². The summed E-state index contributed by atoms with van der Waals surface area (Å²) >= 11 is 7.74. The minimum Gasteiger partial charge on any atom is -0.508 e. The molecule has 8 N–H and O–H groups in total. The van der Waals surface area contributed by atoms with Crippen LogP contribution in [0.3, 0.4) is 0 Å². The van der Waals surface area contributed by atoms with E-state index in [1.165, 1.54) is 97.1 Å². The van der Waals surface area contributed by atoms with Crippen molar-refractivity contribution in [3.8, 4) is 11.5 Å². The molecule has 6 heterocycles. The first kappa shape index (κ1) is 95.8. The minimum absolute atomic E-state index is 0.0198. The first-order chi connectivity index (χ1) is 63.3. The molecule has 0 aliphatic carbocycles. The zero-order valence-electron chi connectivity index (χ0n) is 75.9. The van der Waals surface area contributed by atoms with Crippen LogP contribution in [0.2, 0.25) is 5.02 Å². The molecule has 6 aliphatic rings. The lowest BCUT2D eigenvalue weighted by molar-refractivity contribution is 0.205. The van der Waals surface area contributed by atoms with Crippen molar-refractivity contribution < 1.29 is 56.5 Å². The van der Waals surface area contributed by atoms with Gasteiger partial charge < -0.3 is 71.5 Å². The highest BCUT2D eigenvalue weighted by atomic mass is 35.5. The molecule has 20 nitrogen and oxygen atoms in total. The Balaban J connectivity index is 0.000000135. The number of nitrogens with zero attached hydrogens (tertiary/aromatic N) is 6. The smallest absolute Gasteiger partial charge is 0.322 e. The van der Waals surface area contributed by atoms with Crippen LogP contribution in [0.25, 0.3) is 0 Å². The van der Waals surface area contributed by atoms with Gasteiger partial charge in [0.1, 0.15) is 34.8 Å². The van der Waals surface area contributed by atoms with Gasteiger partial charge in [-0.3, -0.25) is 0 Å². The van der Waals surface area contributed by atoms with E-state index in [0.29, 0.717) is 87.4 Å². The van der Waals surface area contributed by atoms with Gasteiger partial charge in [-0.25, -0.2) is 46.3 Å². The largest absolute Gasteiger partial charge is 0.508 e. The quantitative estimate of drug-likeness (QED) is 0.0559. The van der Waals surface area contributed by atoms with Crippen LogP contribution in [0.5, 0.6) is 11.5 Å². The maximum absolute atomic E-state index is 13.8. The molecule has 0 atom stereocenters. The number of aryl methyl sites for hydroxylation is 8. The van der Waals surface area contributed by atoms with Gasteiger partial charge in [-0.05, 0) is 299 Å². The third-order valence-electron chi connectivity index (χ3n) is 24.1. The van der Waals surface area contributed by atoms with Crippen molar-refractivity contribution in [3.05, 3.63) is 370 Å². The average Bonchev–Trinajstić information content (AvgIpc) is 0.830. The molecule has 0 unspecified atom stereocenters. The molecule has 0 bridgehead atoms. The standard InChI is InChI=1S/C18H19ClN2O.2C18H19FN2O.C18H20N2OS.2C17H17FN2O2/c1-12-6-7-14-8-9-21(11-15(14)10-12)18(22)20-17-5-3-4-16(19)13(17)2;1-12-3-5-14-7-8-21(11-15(14)9-12)18(22)20-16-6-4-13(2)17(19)10-16;1-12-3-5-14-7-8-21(11-15(14)9-12)18(22)20-17-10-16(19)6-4-13(17)2;1-13-7-8-14-9-10-20(12-15(14)11-13)18(21)19-16-5-3-4-6-17(16)22-2;2*1-11-2-5-16(15(18)8-11)19-17(22)20-7-6-12-3-4-14(21)9-13(12)10-20/h3-7,10H,8-9,11H2,1-2H3,(H,20,22);2*3-6,9-10H,7-8,11H2,1-2H3,(H,20,22);3-8,11H,9-10,12H2,1-2H3,(H,19,21);2*2-5,8-9,21H,6-7,10H2,1H3,(H,19,22). The van der Waals surface area contributed by atoms with E-state index in [1.54, 1.807) is 119 Å². The Morgan fingerprint density at radius 2 is 0.614 bits per heavy atom. The van der Waals surface area contributed by atoms with E-state index >= 15 is 0 Å². The van der Waals surface area contributed by atoms with Crippen LogP contribution < -0.4 is 31.9 Å². The number of halogens is 5. The molecular formula is C106H111ClF4N12O8S. The number of fused-ring (bicyclic) bond motifs is 6. The number of aromatic hydroxyl groups is 2. The maximum atomic E-state index is 13.8. The number of carbonyl (C=O) groups is 6. The number of urea groups is 6. The summed E-state index contributed by atoms with van der Waals surface area (Å²) in [5, 5.41) is 36.5. The van der Waals surface area contributed by atoms with Gasteiger partial charge in [0, 0.05) is 106 Å². The van der Waals surface area contributed by atoms with Gasteiger partial charge in [-0.15, -0.1) is 11.8 Å². The number of carbonyl (C=O) groups excluding carboxylic acids is 6. The van der Waals surface area contributed by atoms with Gasteiger partial charge in [0.2, 0.25) is 0 Å². The van der Waals surface area contributed by atoms with Crippen LogP contribution in [0, 0.1) is 85.6 Å². The summed E-state index contributed by atoms with van der Waals surface area (Å²) in [6.45, 7) is 24.7. The number of phenolic OH excluding ortho intramolecular Hbond substituents is 2. The number of thioether (sulfide) groups is 1. The lowest BCUT2D eigenvalue weighted by atomic mass is 9.98. The number of hydrogen-bond donors (Lipinski definition) is 8. The zero-order valence-corrected chi connectivity index (χ0v) is 77.5. The van der Waals surface area contributed by atoms with E-state index in [4.69, 9.17) is 11.6 Å². The molecular weight excluding hydrogens is 1710 g/mol. The lowest BCUT2D eigenvalue weighted by Gasteiger charge is -2.29. The highest BCUT2D eigenvalue weighted by Gasteiger charge is 2.29. The van der Waals surface area contributed by atoms with Crippen molar-refractivity contribution in [1.82, 2.24) is 29.4 Å². The monoisotopic (exact) mass is 1820 g/mol. The molecule has 132 heavy (non-hydrogen) atoms. The number of rotatable bonds is 7. The fraction of sp³-hybridized carbons (Fsp3) is 0.264. The molecule has 0 spiro atoms. The van der Waals surface area contributed by atoms with Crippen molar-refractivity contribution >= 4 is 93.7 Å². The average molecular weight is 1820 g/mol. The number of para-hydroxylation sites is 1. The number of benzene rings is 12. The molecule has 12 amide bonds. The van der Waals surface area contributed by atoms with Crippen molar-refractivity contribution in [2.24, 2.45) is 0 Å². The van der Waals surface area contributed by atoms with Gasteiger partial charge in [-0.1, -0.05) is 161 Å². The Bertz CT molecular complexity index is 6080. The molecule has 0 radical (unpaired) electrons. The molecule has 26 heteroatoms. The van der Waals surface area contributed by atoms with Gasteiger partial charge in [0.25, 0.3) is 0 Å². The minimum atomic E-state index is -0.441. The third-order valence-corrected chi connectivity index (χ3v) is 25.3. The van der Waals surface area contributed by atoms with Gasteiger partial charge in [0.05, 0.1) is 17.1 Å². The summed E-state index contributed by atoms with van der Waals surface area (Å²) in [5.41, 5.74) is 26.1. The number of anilines is 6. The van der Waals surface area contributed by atoms with Crippen molar-refractivity contribution in [2.45, 2.75) is 145 Å². The van der Waals surface area contributed by atoms with E-state index in [9.17, 15) is 56.5 Å². The summed E-state index contributed by atoms with van der Waals surface area (Å²) in [4.78, 5) is 86.0. The van der Waals surface area contributed by atoms with Gasteiger partial charge in [-0.2, -0.15) is 0 Å². The maximum Gasteiger partial charge on any atom is 0.322 e. The topological polar surface area (TPSA) is 235 Å². The molecule has 0 fully saturated rings. The second-order valence-corrected chi connectivity index (χ2v) is 35.4. The molecule has 0 saturated heterocycles. The van der Waals surface area contributed by atoms with E-state index < -0.39 is 11.6 Å². The van der Waals surface area contributed by atoms with Crippen LogP contribution in [0.15, 0.2) is 229 Å². The van der Waals surface area contributed by atoms with E-state index in [-0.39, 0.29) is 70.7 Å². The summed E-state index contributed by atoms with van der Waals surface area (Å²) < 4.78 is 54.5. The number of hydrogen-bond acceptors (Lipinski definition) is 9. The van der Waals surface area contributed by atoms with E-state index in [1.807, 2.05) is 91.4 Å². The zero-order chi connectivity index (χ0) is 94.0. The highest BCUT2D eigenvalue weighted by molar-refractivity contribution is 7.98. The molecule has 0 saturated carbocycles. The van der Waals surface area contributed by atoms with E-state index in [2.05, 4.69) is 125 Å². The molecule has 12 aromatic carbocycles. The molecule has 684 valence electrons. The SMILES string of the molecule is CSc1ccccc1NC(=O)N1CCc2ccc(C)cc2C1.Cc1ccc(NC(=O)N2CCc3ccc(O)cc3C2)c(F)c1.Cc1ccc(NC(=O)N2CCc3ccc(O)cc3C2)c(F)c1.Cc1ccc2c(c1)CN(C(=O)Nc1cc(F)ccc1C)CC2.Cc1ccc2c(c1)CN(C(=O)Nc1ccc(C)c(F)c1)CC2.Cc1ccc2c(c1)CN(C(=O)Nc1cccc(Cl)c1C)CC2. The second-order valence-electron chi connectivity index (χ2n) is 34.1. The Morgan fingerprint density at radius 3 is 0.992 bits per heavy atom. The first-order valence-corrected chi connectivity index (χ1v) is 45.7. The molecule has 0 aromatic heterocycles.